The van der Waals surface area contributed by atoms with Gasteiger partial charge in [0.25, 0.3) is 5.91 Å². The lowest BCUT2D eigenvalue weighted by Crippen LogP contribution is -2.28. The zero-order valence-corrected chi connectivity index (χ0v) is 17.0. The fraction of sp³-hybridized carbons (Fsp3) is 0.217. The number of carbonyl (C=O) groups is 2. The molecular weight excluding hydrogens is 384 g/mol. The topological polar surface area (TPSA) is 81.0 Å². The largest absolute Gasteiger partial charge is 0.486 e. The summed E-state index contributed by atoms with van der Waals surface area (Å²) in [6, 6.07) is 20.2. The van der Waals surface area contributed by atoms with Crippen molar-refractivity contribution in [2.24, 2.45) is 0 Å². The Balaban J connectivity index is 1.40. The second kappa shape index (κ2) is 10.2. The molecule has 3 aromatic rings. The van der Waals surface area contributed by atoms with Gasteiger partial charge >= 0.3 is 5.97 Å². The van der Waals surface area contributed by atoms with Crippen LogP contribution >= 0.6 is 0 Å². The van der Waals surface area contributed by atoms with E-state index in [2.05, 4.69) is 5.32 Å². The summed E-state index contributed by atoms with van der Waals surface area (Å²) in [7, 11) is 3.92. The second-order valence-corrected chi connectivity index (χ2v) is 6.78. The van der Waals surface area contributed by atoms with Crippen LogP contribution < -0.4 is 15.0 Å². The first kappa shape index (κ1) is 21.0. The third-order valence-corrected chi connectivity index (χ3v) is 4.26. The number of para-hydroxylation sites is 1. The van der Waals surface area contributed by atoms with Gasteiger partial charge in [0, 0.05) is 26.3 Å². The summed E-state index contributed by atoms with van der Waals surface area (Å²) in [6.07, 6.45) is 0. The van der Waals surface area contributed by atoms with Gasteiger partial charge < -0.3 is 24.1 Å². The van der Waals surface area contributed by atoms with Crippen molar-refractivity contribution in [1.82, 2.24) is 5.32 Å². The first-order chi connectivity index (χ1) is 14.5. The number of hydrogen-bond donors (Lipinski definition) is 1. The molecule has 0 saturated heterocycles. The number of nitrogens with zero attached hydrogens (tertiary/aromatic N) is 1. The van der Waals surface area contributed by atoms with Crippen LogP contribution in [-0.2, 0) is 22.7 Å². The van der Waals surface area contributed by atoms with Crippen molar-refractivity contribution in [3.05, 3.63) is 83.8 Å². The van der Waals surface area contributed by atoms with Crippen LogP contribution in [0.4, 0.5) is 5.69 Å². The van der Waals surface area contributed by atoms with Crippen LogP contribution in [0, 0.1) is 0 Å². The van der Waals surface area contributed by atoms with E-state index in [1.807, 2.05) is 73.6 Å². The maximum Gasteiger partial charge on any atom is 0.374 e. The normalized spacial score (nSPS) is 10.3. The molecule has 0 aliphatic heterocycles. The van der Waals surface area contributed by atoms with Gasteiger partial charge in [0.15, 0.2) is 6.61 Å². The van der Waals surface area contributed by atoms with E-state index in [-0.39, 0.29) is 24.9 Å². The summed E-state index contributed by atoms with van der Waals surface area (Å²) < 4.78 is 16.0. The maximum atomic E-state index is 12.1. The molecule has 0 fully saturated rings. The Kier molecular flexibility index (Phi) is 7.10. The lowest BCUT2D eigenvalue weighted by Gasteiger charge is -2.13. The summed E-state index contributed by atoms with van der Waals surface area (Å²) in [5, 5.41) is 2.72. The first-order valence-corrected chi connectivity index (χ1v) is 9.48. The number of hydrogen-bond acceptors (Lipinski definition) is 6. The molecule has 1 amide bonds. The van der Waals surface area contributed by atoms with Gasteiger partial charge in [0.2, 0.25) is 5.76 Å². The fourth-order valence-corrected chi connectivity index (χ4v) is 2.60. The molecule has 2 aromatic carbocycles. The Hall–Kier alpha value is -3.74. The Bertz CT molecular complexity index is 965. The number of furan rings is 1. The molecule has 3 rings (SSSR count). The van der Waals surface area contributed by atoms with Gasteiger partial charge in [-0.2, -0.15) is 0 Å². The molecule has 7 nitrogen and oxygen atoms in total. The summed E-state index contributed by atoms with van der Waals surface area (Å²) in [4.78, 5) is 26.0. The molecule has 1 aromatic heterocycles. The average molecular weight is 408 g/mol. The van der Waals surface area contributed by atoms with Crippen LogP contribution in [0.25, 0.3) is 0 Å². The minimum atomic E-state index is -0.702. The van der Waals surface area contributed by atoms with Gasteiger partial charge in [-0.25, -0.2) is 4.79 Å². The third-order valence-electron chi connectivity index (χ3n) is 4.26. The molecule has 0 bridgehead atoms. The highest BCUT2D eigenvalue weighted by Gasteiger charge is 2.15. The number of anilines is 1. The first-order valence-electron chi connectivity index (χ1n) is 9.48. The predicted octanol–water partition coefficient (Wildman–Crippen LogP) is 3.40. The molecule has 1 N–H and O–H groups in total. The lowest BCUT2D eigenvalue weighted by molar-refractivity contribution is -0.124. The van der Waals surface area contributed by atoms with E-state index < -0.39 is 5.97 Å². The number of benzene rings is 2. The minimum Gasteiger partial charge on any atom is -0.486 e. The van der Waals surface area contributed by atoms with Crippen molar-refractivity contribution < 1.29 is 23.5 Å². The van der Waals surface area contributed by atoms with Crippen molar-refractivity contribution in [3.8, 4) is 5.75 Å². The molecule has 0 aliphatic rings. The molecule has 0 saturated carbocycles. The van der Waals surface area contributed by atoms with Gasteiger partial charge in [-0.3, -0.25) is 4.79 Å². The van der Waals surface area contributed by atoms with Crippen molar-refractivity contribution >= 4 is 17.6 Å². The highest BCUT2D eigenvalue weighted by molar-refractivity contribution is 5.88. The van der Waals surface area contributed by atoms with E-state index in [1.165, 1.54) is 6.07 Å². The number of nitrogens with one attached hydrogen (secondary N) is 1. The predicted molar refractivity (Wildman–Crippen MR) is 112 cm³/mol. The van der Waals surface area contributed by atoms with E-state index in [0.717, 1.165) is 11.3 Å². The molecule has 0 atom stereocenters. The van der Waals surface area contributed by atoms with Gasteiger partial charge in [-0.15, -0.1) is 0 Å². The molecule has 30 heavy (non-hydrogen) atoms. The number of rotatable bonds is 9. The van der Waals surface area contributed by atoms with Gasteiger partial charge in [-0.1, -0.05) is 30.3 Å². The standard InChI is InChI=1S/C23H24N2O5/c1-25(2)18-10-8-17(9-11-18)14-24-22(26)16-29-23(27)21-13-12-20(30-21)15-28-19-6-4-3-5-7-19/h3-13H,14-16H2,1-2H3,(H,24,26). The molecule has 0 aliphatic carbocycles. The zero-order valence-electron chi connectivity index (χ0n) is 17.0. The lowest BCUT2D eigenvalue weighted by atomic mass is 10.2. The minimum absolute atomic E-state index is 0.0220. The molecule has 7 heteroatoms. The average Bonchev–Trinajstić information content (AvgIpc) is 3.25. The van der Waals surface area contributed by atoms with Crippen LogP contribution in [0.5, 0.6) is 5.75 Å². The van der Waals surface area contributed by atoms with Crippen LogP contribution in [-0.4, -0.2) is 32.6 Å². The molecule has 0 unspecified atom stereocenters. The van der Waals surface area contributed by atoms with Crippen molar-refractivity contribution in [2.45, 2.75) is 13.2 Å². The number of ether oxygens (including phenoxy) is 2. The van der Waals surface area contributed by atoms with Gasteiger partial charge in [0.05, 0.1) is 0 Å². The SMILES string of the molecule is CN(C)c1ccc(CNC(=O)COC(=O)c2ccc(COc3ccccc3)o2)cc1. The number of amides is 1. The van der Waals surface area contributed by atoms with E-state index in [9.17, 15) is 9.59 Å². The molecule has 156 valence electrons. The van der Waals surface area contributed by atoms with Crippen molar-refractivity contribution in [3.63, 3.8) is 0 Å². The van der Waals surface area contributed by atoms with Crippen LogP contribution in [0.1, 0.15) is 21.9 Å². The van der Waals surface area contributed by atoms with Crippen molar-refractivity contribution in [1.29, 1.82) is 0 Å². The van der Waals surface area contributed by atoms with E-state index >= 15 is 0 Å². The molecular formula is C23H24N2O5. The maximum absolute atomic E-state index is 12.1. The van der Waals surface area contributed by atoms with Crippen LogP contribution in [0.2, 0.25) is 0 Å². The summed E-state index contributed by atoms with van der Waals surface area (Å²) in [6.45, 7) is 0.154. The highest BCUT2D eigenvalue weighted by Crippen LogP contribution is 2.15. The Morgan fingerprint density at radius 1 is 0.967 bits per heavy atom. The summed E-state index contributed by atoms with van der Waals surface area (Å²) in [5.74, 6) is 0.113. The van der Waals surface area contributed by atoms with E-state index in [1.54, 1.807) is 6.07 Å². The van der Waals surface area contributed by atoms with Crippen LogP contribution in [0.15, 0.2) is 71.1 Å². The quantitative estimate of drug-likeness (QED) is 0.547. The monoisotopic (exact) mass is 408 g/mol. The van der Waals surface area contributed by atoms with E-state index in [4.69, 9.17) is 13.9 Å². The van der Waals surface area contributed by atoms with Gasteiger partial charge in [-0.05, 0) is 42.0 Å². The third kappa shape index (κ3) is 6.13. The fourth-order valence-electron chi connectivity index (χ4n) is 2.60. The Labute approximate surface area is 175 Å². The Morgan fingerprint density at radius 2 is 1.70 bits per heavy atom. The highest BCUT2D eigenvalue weighted by atomic mass is 16.6. The molecule has 1 heterocycles. The second-order valence-electron chi connectivity index (χ2n) is 6.78. The molecule has 0 spiro atoms. The smallest absolute Gasteiger partial charge is 0.374 e. The van der Waals surface area contributed by atoms with Crippen LogP contribution in [0.3, 0.4) is 0 Å². The Morgan fingerprint density at radius 3 is 2.40 bits per heavy atom. The summed E-state index contributed by atoms with van der Waals surface area (Å²) in [5.41, 5.74) is 2.03. The molecule has 0 radical (unpaired) electrons. The summed E-state index contributed by atoms with van der Waals surface area (Å²) >= 11 is 0. The zero-order chi connectivity index (χ0) is 21.3. The van der Waals surface area contributed by atoms with Gasteiger partial charge in [0.1, 0.15) is 18.1 Å². The van der Waals surface area contributed by atoms with E-state index in [0.29, 0.717) is 18.1 Å². The number of carbonyl (C=O) groups excluding carboxylic acids is 2. The number of esters is 1. The van der Waals surface area contributed by atoms with Crippen molar-refractivity contribution in [2.75, 3.05) is 25.6 Å².